The Kier molecular flexibility index (Phi) is 6.93. The Balaban J connectivity index is 1.20. The van der Waals surface area contributed by atoms with Gasteiger partial charge in [0, 0.05) is 12.5 Å². The summed E-state index contributed by atoms with van der Waals surface area (Å²) in [6, 6.07) is 18.7. The van der Waals surface area contributed by atoms with Crippen LogP contribution in [0.1, 0.15) is 39.8 Å². The van der Waals surface area contributed by atoms with Gasteiger partial charge in [0.15, 0.2) is 0 Å². The molecule has 0 aliphatic heterocycles. The van der Waals surface area contributed by atoms with Crippen LogP contribution in [0.5, 0.6) is 0 Å². The Morgan fingerprint density at radius 3 is 2.21 bits per heavy atom. The lowest BCUT2D eigenvalue weighted by atomic mass is 9.98. The van der Waals surface area contributed by atoms with E-state index in [-0.39, 0.29) is 43.6 Å². The Morgan fingerprint density at radius 1 is 0.941 bits per heavy atom. The lowest BCUT2D eigenvalue weighted by Crippen LogP contribution is -2.36. The molecule has 34 heavy (non-hydrogen) atoms. The van der Waals surface area contributed by atoms with Gasteiger partial charge < -0.3 is 30.0 Å². The summed E-state index contributed by atoms with van der Waals surface area (Å²) >= 11 is 0. The molecular formula is C25H24N2O7. The Bertz CT molecular complexity index is 1160. The second kappa shape index (κ2) is 10.2. The van der Waals surface area contributed by atoms with E-state index in [0.29, 0.717) is 0 Å². The molecule has 9 nitrogen and oxygen atoms in total. The number of alkyl carbamates (subject to hydrolysis) is 1. The Labute approximate surface area is 195 Å². The molecule has 1 heterocycles. The van der Waals surface area contributed by atoms with E-state index in [1.54, 1.807) is 0 Å². The van der Waals surface area contributed by atoms with Crippen LogP contribution < -0.4 is 10.6 Å². The van der Waals surface area contributed by atoms with Crippen molar-refractivity contribution < 1.29 is 33.8 Å². The van der Waals surface area contributed by atoms with Crippen molar-refractivity contribution in [1.29, 1.82) is 0 Å². The second-order valence-electron chi connectivity index (χ2n) is 7.91. The minimum absolute atomic E-state index is 0.0152. The number of aliphatic hydroxyl groups is 1. The fourth-order valence-corrected chi connectivity index (χ4v) is 3.98. The second-order valence-corrected chi connectivity index (χ2v) is 7.91. The van der Waals surface area contributed by atoms with Crippen molar-refractivity contribution in [2.45, 2.75) is 25.0 Å². The first kappa shape index (κ1) is 23.1. The van der Waals surface area contributed by atoms with Crippen molar-refractivity contribution in [1.82, 2.24) is 10.6 Å². The number of hydrogen-bond acceptors (Lipinski definition) is 6. The lowest BCUT2D eigenvalue weighted by molar-refractivity contribution is -0.123. The number of nitrogens with one attached hydrogen (secondary N) is 2. The van der Waals surface area contributed by atoms with Crippen LogP contribution in [0.25, 0.3) is 11.1 Å². The first-order valence-electron chi connectivity index (χ1n) is 10.8. The summed E-state index contributed by atoms with van der Waals surface area (Å²) in [5.74, 6) is -1.70. The van der Waals surface area contributed by atoms with Gasteiger partial charge in [0.1, 0.15) is 12.4 Å². The fraction of sp³-hybridized carbons (Fsp3) is 0.240. The molecule has 0 bridgehead atoms. The number of carbonyl (C=O) groups is 3. The summed E-state index contributed by atoms with van der Waals surface area (Å²) in [7, 11) is 0. The summed E-state index contributed by atoms with van der Waals surface area (Å²) in [6.07, 6.45) is -2.05. The van der Waals surface area contributed by atoms with Crippen molar-refractivity contribution in [3.8, 4) is 11.1 Å². The number of rotatable bonds is 9. The number of furan rings is 1. The molecule has 1 aliphatic carbocycles. The highest BCUT2D eigenvalue weighted by Gasteiger charge is 2.29. The minimum Gasteiger partial charge on any atom is -0.475 e. The van der Waals surface area contributed by atoms with Gasteiger partial charge in [-0.3, -0.25) is 4.79 Å². The summed E-state index contributed by atoms with van der Waals surface area (Å²) in [5, 5.41) is 23.9. The molecule has 176 valence electrons. The summed E-state index contributed by atoms with van der Waals surface area (Å²) in [4.78, 5) is 34.9. The van der Waals surface area contributed by atoms with Gasteiger partial charge in [0.2, 0.25) is 11.7 Å². The third kappa shape index (κ3) is 5.26. The molecule has 0 fully saturated rings. The van der Waals surface area contributed by atoms with E-state index in [1.165, 1.54) is 12.1 Å². The van der Waals surface area contributed by atoms with Crippen LogP contribution >= 0.6 is 0 Å². The molecule has 1 unspecified atom stereocenters. The SMILES string of the molecule is O=C(CC(O)CNC(=O)OCC1c2ccccc2-c2ccccc21)NCc1ccc(C(=O)O)o1. The molecular weight excluding hydrogens is 440 g/mol. The lowest BCUT2D eigenvalue weighted by Gasteiger charge is -2.16. The number of carboxylic acid groups (broad SMARTS) is 1. The number of carbonyl (C=O) groups excluding carboxylic acids is 2. The molecule has 4 N–H and O–H groups in total. The molecule has 0 radical (unpaired) electrons. The number of aliphatic hydroxyl groups excluding tert-OH is 1. The number of aromatic carboxylic acids is 1. The number of amides is 2. The van der Waals surface area contributed by atoms with Crippen LogP contribution in [0, 0.1) is 0 Å². The molecule has 1 atom stereocenters. The molecule has 1 aromatic heterocycles. The van der Waals surface area contributed by atoms with Gasteiger partial charge in [-0.25, -0.2) is 9.59 Å². The van der Waals surface area contributed by atoms with E-state index in [9.17, 15) is 19.5 Å². The van der Waals surface area contributed by atoms with Gasteiger partial charge >= 0.3 is 12.1 Å². The number of ether oxygens (including phenoxy) is 1. The monoisotopic (exact) mass is 464 g/mol. The number of fused-ring (bicyclic) bond motifs is 3. The van der Waals surface area contributed by atoms with Crippen LogP contribution in [0.2, 0.25) is 0 Å². The van der Waals surface area contributed by atoms with Crippen molar-refractivity contribution in [3.05, 3.63) is 83.3 Å². The summed E-state index contributed by atoms with van der Waals surface area (Å²) in [5.41, 5.74) is 4.45. The first-order chi connectivity index (χ1) is 16.4. The Morgan fingerprint density at radius 2 is 1.59 bits per heavy atom. The third-order valence-corrected chi connectivity index (χ3v) is 5.58. The molecule has 0 saturated heterocycles. The molecule has 9 heteroatoms. The van der Waals surface area contributed by atoms with Crippen LogP contribution in [-0.4, -0.2) is 47.4 Å². The van der Waals surface area contributed by atoms with E-state index in [4.69, 9.17) is 14.3 Å². The zero-order valence-electron chi connectivity index (χ0n) is 18.2. The normalized spacial score (nSPS) is 13.0. The molecule has 2 amide bonds. The topological polar surface area (TPSA) is 138 Å². The highest BCUT2D eigenvalue weighted by Crippen LogP contribution is 2.44. The molecule has 3 aromatic rings. The van der Waals surface area contributed by atoms with Crippen LogP contribution in [0.3, 0.4) is 0 Å². The van der Waals surface area contributed by atoms with Crippen LogP contribution in [-0.2, 0) is 16.1 Å². The van der Waals surface area contributed by atoms with Gasteiger partial charge in [-0.1, -0.05) is 48.5 Å². The number of hydrogen-bond donors (Lipinski definition) is 4. The van der Waals surface area contributed by atoms with E-state index in [0.717, 1.165) is 22.3 Å². The van der Waals surface area contributed by atoms with Crippen LogP contribution in [0.15, 0.2) is 65.1 Å². The van der Waals surface area contributed by atoms with E-state index in [2.05, 4.69) is 10.6 Å². The molecule has 4 rings (SSSR count). The maximum absolute atomic E-state index is 12.2. The van der Waals surface area contributed by atoms with Gasteiger partial charge in [0.25, 0.3) is 0 Å². The molecule has 0 spiro atoms. The van der Waals surface area contributed by atoms with Crippen molar-refractivity contribution in [3.63, 3.8) is 0 Å². The van der Waals surface area contributed by atoms with Gasteiger partial charge in [0.05, 0.1) is 19.1 Å². The highest BCUT2D eigenvalue weighted by molar-refractivity contribution is 5.84. The van der Waals surface area contributed by atoms with Crippen molar-refractivity contribution in [2.75, 3.05) is 13.2 Å². The average molecular weight is 464 g/mol. The van der Waals surface area contributed by atoms with E-state index >= 15 is 0 Å². The average Bonchev–Trinajstić information content (AvgIpc) is 3.43. The largest absolute Gasteiger partial charge is 0.475 e. The zero-order chi connectivity index (χ0) is 24.1. The number of carboxylic acids is 1. The number of benzene rings is 2. The van der Waals surface area contributed by atoms with Gasteiger partial charge in [-0.05, 0) is 34.4 Å². The van der Waals surface area contributed by atoms with Crippen LogP contribution in [0.4, 0.5) is 4.79 Å². The summed E-state index contributed by atoms with van der Waals surface area (Å²) in [6.45, 7) is -0.0232. The smallest absolute Gasteiger partial charge is 0.407 e. The van der Waals surface area contributed by atoms with E-state index < -0.39 is 24.1 Å². The van der Waals surface area contributed by atoms with Gasteiger partial charge in [-0.2, -0.15) is 0 Å². The zero-order valence-corrected chi connectivity index (χ0v) is 18.2. The predicted octanol–water partition coefficient (Wildman–Crippen LogP) is 2.88. The standard InChI is InChI=1S/C25H24N2O7/c28-15(11-23(29)26-13-16-9-10-22(34-16)24(30)31)12-27-25(32)33-14-21-19-7-3-1-5-17(19)18-6-2-4-8-20(18)21/h1-10,15,21,28H,11-14H2,(H,26,29)(H,27,32)(H,30,31). The predicted molar refractivity (Wildman–Crippen MR) is 121 cm³/mol. The highest BCUT2D eigenvalue weighted by atomic mass is 16.5. The Hall–Kier alpha value is -4.11. The first-order valence-corrected chi connectivity index (χ1v) is 10.8. The quantitative estimate of drug-likeness (QED) is 0.382. The fourth-order valence-electron chi connectivity index (χ4n) is 3.98. The molecule has 0 saturated carbocycles. The third-order valence-electron chi connectivity index (χ3n) is 5.58. The minimum atomic E-state index is -1.20. The van der Waals surface area contributed by atoms with Crippen molar-refractivity contribution in [2.24, 2.45) is 0 Å². The molecule has 1 aliphatic rings. The summed E-state index contributed by atoms with van der Waals surface area (Å²) < 4.78 is 10.4. The van der Waals surface area contributed by atoms with E-state index in [1.807, 2.05) is 48.5 Å². The van der Waals surface area contributed by atoms with Crippen molar-refractivity contribution >= 4 is 18.0 Å². The van der Waals surface area contributed by atoms with Gasteiger partial charge in [-0.15, -0.1) is 0 Å². The maximum atomic E-state index is 12.2. The molecule has 2 aromatic carbocycles. The maximum Gasteiger partial charge on any atom is 0.407 e.